The molecule has 0 bridgehead atoms. The van der Waals surface area contributed by atoms with Gasteiger partial charge in [0.25, 0.3) is 0 Å². The Balaban J connectivity index is 1.81. The van der Waals surface area contributed by atoms with E-state index < -0.39 is 10.0 Å². The van der Waals surface area contributed by atoms with Crippen LogP contribution in [0.2, 0.25) is 0 Å². The van der Waals surface area contributed by atoms with Gasteiger partial charge in [0.15, 0.2) is 11.5 Å². The van der Waals surface area contributed by atoms with Gasteiger partial charge in [0.1, 0.15) is 0 Å². The zero-order valence-electron chi connectivity index (χ0n) is 15.5. The fourth-order valence-electron chi connectivity index (χ4n) is 3.08. The summed E-state index contributed by atoms with van der Waals surface area (Å²) in [5, 5.41) is 15.1. The minimum atomic E-state index is -3.65. The molecule has 28 heavy (non-hydrogen) atoms. The zero-order valence-corrected chi connectivity index (χ0v) is 16.3. The van der Waals surface area contributed by atoms with Crippen molar-refractivity contribution in [1.82, 2.24) is 24.5 Å². The quantitative estimate of drug-likeness (QED) is 0.501. The van der Waals surface area contributed by atoms with Gasteiger partial charge in [-0.3, -0.25) is 0 Å². The highest BCUT2D eigenvalue weighted by Gasteiger charge is 2.18. The van der Waals surface area contributed by atoms with Gasteiger partial charge in [-0.1, -0.05) is 36.4 Å². The van der Waals surface area contributed by atoms with Crippen LogP contribution in [0.5, 0.6) is 0 Å². The van der Waals surface area contributed by atoms with Gasteiger partial charge >= 0.3 is 0 Å². The smallest absolute Gasteiger partial charge is 0.240 e. The molecule has 9 heteroatoms. The van der Waals surface area contributed by atoms with E-state index in [4.69, 9.17) is 4.74 Å². The number of methoxy groups -OCH3 is 1. The van der Waals surface area contributed by atoms with Crippen molar-refractivity contribution in [1.29, 1.82) is 0 Å². The summed E-state index contributed by atoms with van der Waals surface area (Å²) >= 11 is 0. The van der Waals surface area contributed by atoms with Crippen LogP contribution in [0.4, 0.5) is 0 Å². The fraction of sp³-hybridized carbons (Fsp3) is 0.211. The lowest BCUT2D eigenvalue weighted by molar-refractivity contribution is 0.204. The Kier molecular flexibility index (Phi) is 4.80. The maximum atomic E-state index is 12.5. The molecule has 0 spiro atoms. The van der Waals surface area contributed by atoms with E-state index in [1.165, 1.54) is 13.2 Å². The number of aromatic nitrogens is 4. The molecular formula is C19H19N5O3S. The number of nitrogens with zero attached hydrogens (tertiary/aromatic N) is 4. The fourth-order valence-corrected chi connectivity index (χ4v) is 4.14. The molecule has 1 N–H and O–H groups in total. The monoisotopic (exact) mass is 397 g/mol. The predicted molar refractivity (Wildman–Crippen MR) is 106 cm³/mol. The van der Waals surface area contributed by atoms with Gasteiger partial charge in [-0.15, -0.1) is 10.2 Å². The zero-order chi connectivity index (χ0) is 19.7. The molecule has 0 aliphatic rings. The number of benzene rings is 2. The van der Waals surface area contributed by atoms with Gasteiger partial charge < -0.3 is 4.74 Å². The Morgan fingerprint density at radius 1 is 1.07 bits per heavy atom. The highest BCUT2D eigenvalue weighted by molar-refractivity contribution is 7.89. The van der Waals surface area contributed by atoms with Crippen LogP contribution in [0.1, 0.15) is 5.69 Å². The molecule has 2 aromatic carbocycles. The molecule has 0 amide bonds. The van der Waals surface area contributed by atoms with Gasteiger partial charge in [-0.05, 0) is 19.1 Å². The number of sulfonamides is 1. The first-order valence-electron chi connectivity index (χ1n) is 8.71. The van der Waals surface area contributed by atoms with E-state index in [9.17, 15) is 8.42 Å². The largest absolute Gasteiger partial charge is 0.383 e. The van der Waals surface area contributed by atoms with Crippen LogP contribution in [0.3, 0.4) is 0 Å². The van der Waals surface area contributed by atoms with Crippen LogP contribution in [0, 0.1) is 6.92 Å². The third-order valence-electron chi connectivity index (χ3n) is 4.45. The summed E-state index contributed by atoms with van der Waals surface area (Å²) in [5.74, 6) is 0.484. The van der Waals surface area contributed by atoms with Crippen molar-refractivity contribution in [2.75, 3.05) is 20.3 Å². The van der Waals surface area contributed by atoms with E-state index >= 15 is 0 Å². The first kappa shape index (κ1) is 18.5. The highest BCUT2D eigenvalue weighted by atomic mass is 32.2. The van der Waals surface area contributed by atoms with Crippen LogP contribution in [-0.2, 0) is 14.8 Å². The Labute approximate surface area is 162 Å². The number of rotatable bonds is 6. The normalized spacial score (nSPS) is 12.1. The number of nitrogens with one attached hydrogen (secondary N) is 1. The van der Waals surface area contributed by atoms with Crippen molar-refractivity contribution in [3.05, 3.63) is 54.2 Å². The van der Waals surface area contributed by atoms with Crippen LogP contribution in [-0.4, -0.2) is 48.5 Å². The van der Waals surface area contributed by atoms with Crippen LogP contribution < -0.4 is 4.72 Å². The number of hydrogen-bond donors (Lipinski definition) is 1. The van der Waals surface area contributed by atoms with Crippen molar-refractivity contribution in [2.24, 2.45) is 0 Å². The minimum Gasteiger partial charge on any atom is -0.383 e. The van der Waals surface area contributed by atoms with Crippen molar-refractivity contribution in [3.8, 4) is 11.4 Å². The number of hydrogen-bond acceptors (Lipinski definition) is 6. The van der Waals surface area contributed by atoms with Crippen molar-refractivity contribution in [3.63, 3.8) is 0 Å². The summed E-state index contributed by atoms with van der Waals surface area (Å²) < 4.78 is 34.0. The molecule has 2 heterocycles. The van der Waals surface area contributed by atoms with Gasteiger partial charge in [-0.2, -0.15) is 9.61 Å². The van der Waals surface area contributed by atoms with E-state index in [1.54, 1.807) is 22.7 Å². The molecule has 0 fully saturated rings. The first-order valence-corrected chi connectivity index (χ1v) is 10.2. The van der Waals surface area contributed by atoms with Crippen molar-refractivity contribution >= 4 is 26.4 Å². The molecular weight excluding hydrogens is 378 g/mol. The second-order valence-electron chi connectivity index (χ2n) is 6.31. The SMILES string of the molecule is COCCNS(=O)(=O)c1cccc(-c2nnc3c4ccccc4c(C)nn23)c1. The summed E-state index contributed by atoms with van der Waals surface area (Å²) in [4.78, 5) is 0.148. The molecule has 0 radical (unpaired) electrons. The van der Waals surface area contributed by atoms with Crippen molar-refractivity contribution in [2.45, 2.75) is 11.8 Å². The van der Waals surface area contributed by atoms with Gasteiger partial charge in [-0.25, -0.2) is 13.1 Å². The van der Waals surface area contributed by atoms with E-state index in [1.807, 2.05) is 31.2 Å². The third kappa shape index (κ3) is 3.24. The second kappa shape index (κ2) is 7.27. The standard InChI is InChI=1S/C19H19N5O3S/c1-13-16-8-3-4-9-17(16)19-22-21-18(24(19)23-13)14-6-5-7-15(12-14)28(25,26)20-10-11-27-2/h3-9,12,20H,10-11H2,1-2H3. The molecule has 0 saturated heterocycles. The molecule has 2 aromatic heterocycles. The average molecular weight is 397 g/mol. The molecule has 0 aliphatic heterocycles. The van der Waals surface area contributed by atoms with Gasteiger partial charge in [0.2, 0.25) is 10.0 Å². The summed E-state index contributed by atoms with van der Waals surface area (Å²) in [6, 6.07) is 14.4. The maximum absolute atomic E-state index is 12.5. The molecule has 4 aromatic rings. The van der Waals surface area contributed by atoms with E-state index in [2.05, 4.69) is 20.0 Å². The summed E-state index contributed by atoms with van der Waals surface area (Å²) in [7, 11) is -2.13. The lowest BCUT2D eigenvalue weighted by Crippen LogP contribution is -2.27. The Morgan fingerprint density at radius 3 is 2.64 bits per heavy atom. The topological polar surface area (TPSA) is 98.5 Å². The van der Waals surface area contributed by atoms with Gasteiger partial charge in [0.05, 0.1) is 17.2 Å². The minimum absolute atomic E-state index is 0.148. The molecule has 0 aliphatic carbocycles. The summed E-state index contributed by atoms with van der Waals surface area (Å²) in [6.07, 6.45) is 0. The van der Waals surface area contributed by atoms with Crippen molar-refractivity contribution < 1.29 is 13.2 Å². The van der Waals surface area contributed by atoms with E-state index in [-0.39, 0.29) is 11.4 Å². The average Bonchev–Trinajstić information content (AvgIpc) is 3.12. The number of ether oxygens (including phenoxy) is 1. The summed E-state index contributed by atoms with van der Waals surface area (Å²) in [6.45, 7) is 2.42. The van der Waals surface area contributed by atoms with Crippen LogP contribution >= 0.6 is 0 Å². The lowest BCUT2D eigenvalue weighted by atomic mass is 10.1. The molecule has 144 valence electrons. The molecule has 8 nitrogen and oxygen atoms in total. The first-order chi connectivity index (χ1) is 13.5. The molecule has 0 saturated carbocycles. The Bertz CT molecular complexity index is 1270. The molecule has 4 rings (SSSR count). The number of fused-ring (bicyclic) bond motifs is 3. The van der Waals surface area contributed by atoms with Gasteiger partial charge in [0, 0.05) is 30.0 Å². The Morgan fingerprint density at radius 2 is 1.86 bits per heavy atom. The van der Waals surface area contributed by atoms with Crippen LogP contribution in [0.15, 0.2) is 53.4 Å². The molecule has 0 unspecified atom stereocenters. The van der Waals surface area contributed by atoms with E-state index in [0.29, 0.717) is 23.6 Å². The second-order valence-corrected chi connectivity index (χ2v) is 8.08. The highest BCUT2D eigenvalue weighted by Crippen LogP contribution is 2.25. The number of aryl methyl sites for hydroxylation is 1. The van der Waals surface area contributed by atoms with E-state index in [0.717, 1.165) is 16.5 Å². The maximum Gasteiger partial charge on any atom is 0.240 e. The lowest BCUT2D eigenvalue weighted by Gasteiger charge is -2.08. The predicted octanol–water partition coefficient (Wildman–Crippen LogP) is 2.18. The van der Waals surface area contributed by atoms with Crippen LogP contribution in [0.25, 0.3) is 27.8 Å². The Hall–Kier alpha value is -2.88. The molecule has 0 atom stereocenters. The third-order valence-corrected chi connectivity index (χ3v) is 5.91. The summed E-state index contributed by atoms with van der Waals surface area (Å²) in [5.41, 5.74) is 2.08.